The molecule has 0 aliphatic rings. The molecule has 1 aromatic carbocycles. The second-order valence-electron chi connectivity index (χ2n) is 4.10. The van der Waals surface area contributed by atoms with Crippen molar-refractivity contribution in [2.75, 3.05) is 20.3 Å². The first-order valence-electron chi connectivity index (χ1n) is 6.13. The lowest BCUT2D eigenvalue weighted by molar-refractivity contribution is 0.0830. The predicted octanol–water partition coefficient (Wildman–Crippen LogP) is 2.44. The van der Waals surface area contributed by atoms with Gasteiger partial charge in [-0.15, -0.1) is 0 Å². The molecule has 0 bridgehead atoms. The molecule has 0 spiro atoms. The Labute approximate surface area is 107 Å². The normalized spacial score (nSPS) is 11.2. The third kappa shape index (κ3) is 2.90. The van der Waals surface area contributed by atoms with E-state index in [0.29, 0.717) is 26.4 Å². The van der Waals surface area contributed by atoms with Crippen molar-refractivity contribution >= 4 is 11.0 Å². The van der Waals surface area contributed by atoms with Crippen molar-refractivity contribution < 1.29 is 13.9 Å². The minimum atomic E-state index is 0.463. The summed E-state index contributed by atoms with van der Waals surface area (Å²) in [6.45, 7) is 2.30. The minimum absolute atomic E-state index is 0.463. The number of fused-ring (bicyclic) bond motifs is 1. The summed E-state index contributed by atoms with van der Waals surface area (Å²) in [4.78, 5) is 0. The van der Waals surface area contributed by atoms with Crippen LogP contribution < -0.4 is 5.73 Å². The van der Waals surface area contributed by atoms with Gasteiger partial charge in [0, 0.05) is 37.8 Å². The second kappa shape index (κ2) is 6.54. The third-order valence-electron chi connectivity index (χ3n) is 2.86. The summed E-state index contributed by atoms with van der Waals surface area (Å²) in [5.41, 5.74) is 7.69. The summed E-state index contributed by atoms with van der Waals surface area (Å²) in [6.07, 6.45) is 0.884. The predicted molar refractivity (Wildman–Crippen MR) is 70.3 cm³/mol. The van der Waals surface area contributed by atoms with Gasteiger partial charge in [-0.2, -0.15) is 0 Å². The number of nitrogens with two attached hydrogens (primary N) is 1. The molecule has 0 radical (unpaired) electrons. The quantitative estimate of drug-likeness (QED) is 0.766. The van der Waals surface area contributed by atoms with Gasteiger partial charge >= 0.3 is 0 Å². The Morgan fingerprint density at radius 1 is 1.22 bits per heavy atom. The molecule has 4 heteroatoms. The molecule has 98 valence electrons. The number of furan rings is 1. The highest BCUT2D eigenvalue weighted by molar-refractivity contribution is 5.82. The zero-order chi connectivity index (χ0) is 12.8. The maximum atomic E-state index is 5.78. The van der Waals surface area contributed by atoms with Gasteiger partial charge in [0.15, 0.2) is 0 Å². The molecular formula is C14H19NO3. The fraction of sp³-hybridized carbons (Fsp3) is 0.429. The van der Waals surface area contributed by atoms with Crippen molar-refractivity contribution in [2.24, 2.45) is 5.73 Å². The van der Waals surface area contributed by atoms with Crippen LogP contribution in [0.3, 0.4) is 0 Å². The molecule has 4 nitrogen and oxygen atoms in total. The van der Waals surface area contributed by atoms with E-state index in [-0.39, 0.29) is 0 Å². The highest BCUT2D eigenvalue weighted by Gasteiger charge is 2.12. The lowest BCUT2D eigenvalue weighted by Gasteiger charge is -2.03. The molecule has 18 heavy (non-hydrogen) atoms. The molecule has 1 aromatic heterocycles. The lowest BCUT2D eigenvalue weighted by atomic mass is 10.1. The van der Waals surface area contributed by atoms with Crippen LogP contribution >= 0.6 is 0 Å². The summed E-state index contributed by atoms with van der Waals surface area (Å²) < 4.78 is 16.3. The number of methoxy groups -OCH3 is 1. The van der Waals surface area contributed by atoms with Gasteiger partial charge in [-0.25, -0.2) is 0 Å². The molecule has 2 aromatic rings. The number of benzene rings is 1. The largest absolute Gasteiger partial charge is 0.458 e. The average molecular weight is 249 g/mol. The van der Waals surface area contributed by atoms with E-state index in [1.807, 2.05) is 24.3 Å². The summed E-state index contributed by atoms with van der Waals surface area (Å²) >= 11 is 0. The first-order chi connectivity index (χ1) is 8.86. The topological polar surface area (TPSA) is 57.6 Å². The zero-order valence-corrected chi connectivity index (χ0v) is 10.6. The molecule has 0 saturated carbocycles. The highest BCUT2D eigenvalue weighted by atomic mass is 16.5. The molecule has 0 atom stereocenters. The standard InChI is InChI=1S/C14H19NO3/c1-16-7-4-8-17-10-14-12(9-15)11-5-2-3-6-13(11)18-14/h2-3,5-6H,4,7-10,15H2,1H3. The first-order valence-corrected chi connectivity index (χ1v) is 6.13. The zero-order valence-electron chi connectivity index (χ0n) is 10.6. The van der Waals surface area contributed by atoms with Crippen molar-refractivity contribution in [3.8, 4) is 0 Å². The van der Waals surface area contributed by atoms with E-state index < -0.39 is 0 Å². The Hall–Kier alpha value is -1.36. The van der Waals surface area contributed by atoms with Crippen LogP contribution in [0.25, 0.3) is 11.0 Å². The Morgan fingerprint density at radius 3 is 2.83 bits per heavy atom. The molecule has 0 saturated heterocycles. The van der Waals surface area contributed by atoms with Crippen LogP contribution in [0.15, 0.2) is 28.7 Å². The van der Waals surface area contributed by atoms with Gasteiger partial charge in [0.2, 0.25) is 0 Å². The maximum absolute atomic E-state index is 5.78. The van der Waals surface area contributed by atoms with Crippen LogP contribution in [0, 0.1) is 0 Å². The van der Waals surface area contributed by atoms with Crippen LogP contribution in [0.4, 0.5) is 0 Å². The van der Waals surface area contributed by atoms with Crippen molar-refractivity contribution in [2.45, 2.75) is 19.6 Å². The van der Waals surface area contributed by atoms with Crippen molar-refractivity contribution in [1.82, 2.24) is 0 Å². The number of para-hydroxylation sites is 1. The van der Waals surface area contributed by atoms with Crippen molar-refractivity contribution in [3.63, 3.8) is 0 Å². The van der Waals surface area contributed by atoms with E-state index >= 15 is 0 Å². The molecule has 0 aliphatic carbocycles. The average Bonchev–Trinajstić information content (AvgIpc) is 2.76. The second-order valence-corrected chi connectivity index (χ2v) is 4.10. The fourth-order valence-corrected chi connectivity index (χ4v) is 1.96. The van der Waals surface area contributed by atoms with Gasteiger partial charge in [-0.3, -0.25) is 0 Å². The number of rotatable bonds is 7. The molecule has 0 unspecified atom stereocenters. The van der Waals surface area contributed by atoms with E-state index in [2.05, 4.69) is 0 Å². The molecule has 0 amide bonds. The Bertz CT molecular complexity index is 493. The Balaban J connectivity index is 2.03. The van der Waals surface area contributed by atoms with Crippen LogP contribution in [0.5, 0.6) is 0 Å². The first kappa shape index (κ1) is 13.1. The van der Waals surface area contributed by atoms with Gasteiger partial charge in [0.25, 0.3) is 0 Å². The fourth-order valence-electron chi connectivity index (χ4n) is 1.96. The molecular weight excluding hydrogens is 230 g/mol. The van der Waals surface area contributed by atoms with Gasteiger partial charge in [0.05, 0.1) is 0 Å². The number of ether oxygens (including phenoxy) is 2. The van der Waals surface area contributed by atoms with Crippen molar-refractivity contribution in [1.29, 1.82) is 0 Å². The van der Waals surface area contributed by atoms with E-state index in [1.54, 1.807) is 7.11 Å². The van der Waals surface area contributed by atoms with E-state index in [4.69, 9.17) is 19.6 Å². The molecule has 2 rings (SSSR count). The van der Waals surface area contributed by atoms with Gasteiger partial charge in [-0.1, -0.05) is 18.2 Å². The SMILES string of the molecule is COCCCOCc1oc2ccccc2c1CN. The Morgan fingerprint density at radius 2 is 2.06 bits per heavy atom. The molecule has 1 heterocycles. The summed E-state index contributed by atoms with van der Waals surface area (Å²) in [7, 11) is 1.69. The highest BCUT2D eigenvalue weighted by Crippen LogP contribution is 2.25. The van der Waals surface area contributed by atoms with E-state index in [1.165, 1.54) is 0 Å². The van der Waals surface area contributed by atoms with Crippen LogP contribution in [0.1, 0.15) is 17.7 Å². The lowest BCUT2D eigenvalue weighted by Crippen LogP contribution is -2.03. The molecule has 2 N–H and O–H groups in total. The van der Waals surface area contributed by atoms with Gasteiger partial charge < -0.3 is 19.6 Å². The molecule has 0 aliphatic heterocycles. The van der Waals surface area contributed by atoms with Crippen LogP contribution in [-0.4, -0.2) is 20.3 Å². The third-order valence-corrected chi connectivity index (χ3v) is 2.86. The van der Waals surface area contributed by atoms with Crippen LogP contribution in [0.2, 0.25) is 0 Å². The van der Waals surface area contributed by atoms with E-state index in [9.17, 15) is 0 Å². The monoisotopic (exact) mass is 249 g/mol. The smallest absolute Gasteiger partial charge is 0.135 e. The summed E-state index contributed by atoms with van der Waals surface area (Å²) in [5.74, 6) is 0.830. The van der Waals surface area contributed by atoms with E-state index in [0.717, 1.165) is 28.7 Å². The van der Waals surface area contributed by atoms with Crippen LogP contribution in [-0.2, 0) is 22.6 Å². The number of hydrogen-bond donors (Lipinski definition) is 1. The summed E-state index contributed by atoms with van der Waals surface area (Å²) in [5, 5.41) is 1.08. The number of hydrogen-bond acceptors (Lipinski definition) is 4. The summed E-state index contributed by atoms with van der Waals surface area (Å²) in [6, 6.07) is 7.91. The van der Waals surface area contributed by atoms with Gasteiger partial charge in [-0.05, 0) is 12.5 Å². The Kier molecular flexibility index (Phi) is 4.75. The van der Waals surface area contributed by atoms with Gasteiger partial charge in [0.1, 0.15) is 18.0 Å². The minimum Gasteiger partial charge on any atom is -0.458 e. The van der Waals surface area contributed by atoms with Crippen molar-refractivity contribution in [3.05, 3.63) is 35.6 Å². The molecule has 0 fully saturated rings. The maximum Gasteiger partial charge on any atom is 0.135 e.